The molecule has 1 saturated heterocycles. The SMILES string of the molecule is CCCOc1ccc([C@H]2/C(=C(\O)c3ccc(OCc4cccc(C)c4)cc3)C(=O)C(=O)N2CCCOC)cc1. The molecule has 4 rings (SSSR count). The van der Waals surface area contributed by atoms with E-state index in [1.54, 1.807) is 31.4 Å². The lowest BCUT2D eigenvalue weighted by molar-refractivity contribution is -0.140. The smallest absolute Gasteiger partial charge is 0.295 e. The first-order valence-corrected chi connectivity index (χ1v) is 13.2. The molecule has 7 heteroatoms. The Balaban J connectivity index is 1.62. The molecule has 0 radical (unpaired) electrons. The number of benzene rings is 3. The Morgan fingerprint density at radius 1 is 0.923 bits per heavy atom. The predicted molar refractivity (Wildman–Crippen MR) is 150 cm³/mol. The molecule has 3 aromatic rings. The van der Waals surface area contributed by atoms with E-state index in [9.17, 15) is 14.7 Å². The fraction of sp³-hybridized carbons (Fsp3) is 0.312. The van der Waals surface area contributed by atoms with Crippen LogP contribution in [0.3, 0.4) is 0 Å². The molecule has 1 atom stereocenters. The minimum Gasteiger partial charge on any atom is -0.507 e. The molecule has 3 aromatic carbocycles. The predicted octanol–water partition coefficient (Wildman–Crippen LogP) is 5.82. The first-order chi connectivity index (χ1) is 18.9. The summed E-state index contributed by atoms with van der Waals surface area (Å²) < 4.78 is 16.7. The number of aliphatic hydroxyl groups excluding tert-OH is 1. The van der Waals surface area contributed by atoms with Gasteiger partial charge in [0.05, 0.1) is 18.2 Å². The highest BCUT2D eigenvalue weighted by Gasteiger charge is 2.45. The number of ketones is 1. The molecule has 1 aliphatic heterocycles. The quantitative estimate of drug-likeness (QED) is 0.138. The van der Waals surface area contributed by atoms with Gasteiger partial charge < -0.3 is 24.2 Å². The third-order valence-corrected chi connectivity index (χ3v) is 6.57. The van der Waals surface area contributed by atoms with Gasteiger partial charge >= 0.3 is 0 Å². The van der Waals surface area contributed by atoms with Crippen molar-refractivity contribution in [1.82, 2.24) is 4.90 Å². The van der Waals surface area contributed by atoms with Crippen LogP contribution in [0.2, 0.25) is 0 Å². The van der Waals surface area contributed by atoms with Crippen LogP contribution in [-0.4, -0.2) is 48.6 Å². The van der Waals surface area contributed by atoms with E-state index in [2.05, 4.69) is 6.07 Å². The standard InChI is InChI=1S/C32H35NO6/c1-4-18-38-26-13-9-24(10-14-26)29-28(31(35)32(36)33(29)17-6-19-37-3)30(34)25-11-15-27(16-12-25)39-21-23-8-5-7-22(2)20-23/h5,7-16,20,29,34H,4,6,17-19,21H2,1-3H3/b30-28+/t29-/m0/s1. The lowest BCUT2D eigenvalue weighted by Gasteiger charge is -2.25. The molecule has 0 aromatic heterocycles. The van der Waals surface area contributed by atoms with E-state index >= 15 is 0 Å². The third kappa shape index (κ3) is 6.67. The summed E-state index contributed by atoms with van der Waals surface area (Å²) in [4.78, 5) is 27.8. The molecule has 1 fully saturated rings. The van der Waals surface area contributed by atoms with E-state index in [-0.39, 0.29) is 11.3 Å². The fourth-order valence-corrected chi connectivity index (χ4v) is 4.64. The first-order valence-electron chi connectivity index (χ1n) is 13.2. The maximum atomic E-state index is 13.2. The molecule has 1 amide bonds. The number of nitrogens with zero attached hydrogens (tertiary/aromatic N) is 1. The fourth-order valence-electron chi connectivity index (χ4n) is 4.64. The van der Waals surface area contributed by atoms with Crippen molar-refractivity contribution < 1.29 is 28.9 Å². The van der Waals surface area contributed by atoms with Crippen LogP contribution < -0.4 is 9.47 Å². The van der Waals surface area contributed by atoms with Crippen LogP contribution in [0.5, 0.6) is 11.5 Å². The van der Waals surface area contributed by atoms with Crippen molar-refractivity contribution in [3.05, 3.63) is 101 Å². The van der Waals surface area contributed by atoms with Gasteiger partial charge in [-0.25, -0.2) is 0 Å². The van der Waals surface area contributed by atoms with Gasteiger partial charge in [-0.2, -0.15) is 0 Å². The lowest BCUT2D eigenvalue weighted by Crippen LogP contribution is -2.31. The number of likely N-dealkylation sites (tertiary alicyclic amines) is 1. The van der Waals surface area contributed by atoms with Crippen LogP contribution in [-0.2, 0) is 20.9 Å². The van der Waals surface area contributed by atoms with E-state index in [4.69, 9.17) is 14.2 Å². The van der Waals surface area contributed by atoms with E-state index in [1.807, 2.05) is 56.3 Å². The van der Waals surface area contributed by atoms with Gasteiger partial charge in [0.1, 0.15) is 23.9 Å². The Kier molecular flexibility index (Phi) is 9.39. The molecule has 7 nitrogen and oxygen atoms in total. The second-order valence-electron chi connectivity index (χ2n) is 9.56. The molecular weight excluding hydrogens is 494 g/mol. The number of amides is 1. The van der Waals surface area contributed by atoms with Crippen molar-refractivity contribution in [3.63, 3.8) is 0 Å². The zero-order valence-electron chi connectivity index (χ0n) is 22.7. The minimum absolute atomic E-state index is 0.0630. The second-order valence-corrected chi connectivity index (χ2v) is 9.56. The molecule has 0 spiro atoms. The van der Waals surface area contributed by atoms with Gasteiger partial charge in [-0.1, -0.05) is 48.9 Å². The maximum Gasteiger partial charge on any atom is 0.295 e. The van der Waals surface area contributed by atoms with Crippen molar-refractivity contribution in [3.8, 4) is 11.5 Å². The number of carbonyl (C=O) groups excluding carboxylic acids is 2. The van der Waals surface area contributed by atoms with E-state index in [0.717, 1.165) is 23.1 Å². The van der Waals surface area contributed by atoms with Gasteiger partial charge in [-0.15, -0.1) is 0 Å². The highest BCUT2D eigenvalue weighted by Crippen LogP contribution is 2.40. The maximum absolute atomic E-state index is 13.2. The minimum atomic E-state index is -0.723. The Bertz CT molecular complexity index is 1310. The number of aliphatic hydroxyl groups is 1. The van der Waals surface area contributed by atoms with Crippen molar-refractivity contribution >= 4 is 17.4 Å². The summed E-state index contributed by atoms with van der Waals surface area (Å²) in [5.41, 5.74) is 3.43. The second kappa shape index (κ2) is 13.1. The number of hydrogen-bond acceptors (Lipinski definition) is 6. The summed E-state index contributed by atoms with van der Waals surface area (Å²) in [7, 11) is 1.59. The number of aryl methyl sites for hydroxylation is 1. The zero-order chi connectivity index (χ0) is 27.8. The van der Waals surface area contributed by atoms with Gasteiger partial charge in [0.15, 0.2) is 0 Å². The number of Topliss-reactive ketones (excluding diaryl/α,β-unsaturated/α-hetero) is 1. The molecule has 204 valence electrons. The van der Waals surface area contributed by atoms with Crippen LogP contribution in [0.15, 0.2) is 78.4 Å². The molecule has 1 aliphatic rings. The van der Waals surface area contributed by atoms with Crippen LogP contribution >= 0.6 is 0 Å². The summed E-state index contributed by atoms with van der Waals surface area (Å²) in [6, 6.07) is 21.5. The number of rotatable bonds is 12. The zero-order valence-corrected chi connectivity index (χ0v) is 22.7. The van der Waals surface area contributed by atoms with Gasteiger partial charge in [0.25, 0.3) is 11.7 Å². The molecule has 0 bridgehead atoms. The summed E-state index contributed by atoms with van der Waals surface area (Å²) in [6.45, 7) is 5.84. The number of carbonyl (C=O) groups is 2. The average molecular weight is 530 g/mol. The molecule has 0 saturated carbocycles. The summed E-state index contributed by atoms with van der Waals surface area (Å²) >= 11 is 0. The molecular formula is C32H35NO6. The lowest BCUT2D eigenvalue weighted by atomic mass is 9.95. The highest BCUT2D eigenvalue weighted by atomic mass is 16.5. The average Bonchev–Trinajstić information content (AvgIpc) is 3.20. The van der Waals surface area contributed by atoms with Crippen LogP contribution in [0.25, 0.3) is 5.76 Å². The summed E-state index contributed by atoms with van der Waals surface area (Å²) in [5, 5.41) is 11.3. The molecule has 0 aliphatic carbocycles. The number of ether oxygens (including phenoxy) is 3. The Morgan fingerprint density at radius 3 is 2.28 bits per heavy atom. The topological polar surface area (TPSA) is 85.3 Å². The molecule has 39 heavy (non-hydrogen) atoms. The van der Waals surface area contributed by atoms with Crippen LogP contribution in [0.4, 0.5) is 0 Å². The van der Waals surface area contributed by atoms with Gasteiger partial charge in [0, 0.05) is 25.8 Å². The van der Waals surface area contributed by atoms with Gasteiger partial charge in [-0.3, -0.25) is 9.59 Å². The summed E-state index contributed by atoms with van der Waals surface area (Å²) in [5.74, 6) is -0.224. The monoisotopic (exact) mass is 529 g/mol. The van der Waals surface area contributed by atoms with Crippen molar-refractivity contribution in [2.45, 2.75) is 39.3 Å². The Labute approximate surface area is 229 Å². The normalized spacial score (nSPS) is 16.5. The Morgan fingerprint density at radius 2 is 1.62 bits per heavy atom. The third-order valence-electron chi connectivity index (χ3n) is 6.57. The van der Waals surface area contributed by atoms with Crippen molar-refractivity contribution in [2.75, 3.05) is 26.9 Å². The largest absolute Gasteiger partial charge is 0.507 e. The van der Waals surface area contributed by atoms with Crippen LogP contribution in [0.1, 0.15) is 48.1 Å². The van der Waals surface area contributed by atoms with Crippen LogP contribution in [0, 0.1) is 6.92 Å². The van der Waals surface area contributed by atoms with E-state index in [1.165, 1.54) is 4.90 Å². The van der Waals surface area contributed by atoms with E-state index < -0.39 is 17.7 Å². The number of hydrogen-bond donors (Lipinski definition) is 1. The summed E-state index contributed by atoms with van der Waals surface area (Å²) in [6.07, 6.45) is 1.45. The number of methoxy groups -OCH3 is 1. The van der Waals surface area contributed by atoms with Gasteiger partial charge in [0.2, 0.25) is 0 Å². The van der Waals surface area contributed by atoms with E-state index in [0.29, 0.717) is 49.8 Å². The molecule has 1 heterocycles. The first kappa shape index (κ1) is 27.9. The Hall–Kier alpha value is -4.10. The highest BCUT2D eigenvalue weighted by molar-refractivity contribution is 6.46. The molecule has 0 unspecified atom stereocenters. The van der Waals surface area contributed by atoms with Crippen molar-refractivity contribution in [2.24, 2.45) is 0 Å². The molecule has 1 N–H and O–H groups in total. The van der Waals surface area contributed by atoms with Crippen molar-refractivity contribution in [1.29, 1.82) is 0 Å². The van der Waals surface area contributed by atoms with Gasteiger partial charge in [-0.05, 0) is 67.3 Å².